The largest absolute Gasteiger partial charge is 0.398 e. The minimum Gasteiger partial charge on any atom is -0.398 e. The monoisotopic (exact) mass is 222 g/mol. The molecular weight excluding hydrogens is 200 g/mol. The highest BCUT2D eigenvalue weighted by Gasteiger charge is 2.10. The lowest BCUT2D eigenvalue weighted by atomic mass is 10.1. The molecule has 0 saturated carbocycles. The Balaban J connectivity index is 2.72. The average molecular weight is 222 g/mol. The average Bonchev–Trinajstić information content (AvgIpc) is 2.24. The van der Waals surface area contributed by atoms with Crippen LogP contribution >= 0.6 is 0 Å². The molecule has 0 aliphatic carbocycles. The van der Waals surface area contributed by atoms with Crippen LogP contribution in [0.25, 0.3) is 0 Å². The molecule has 0 bridgehead atoms. The number of aryl methyl sites for hydroxylation is 1. The smallest absolute Gasteiger partial charge is 0.0895 e. The molecule has 2 N–H and O–H groups in total. The van der Waals surface area contributed by atoms with Crippen molar-refractivity contribution in [1.29, 1.82) is 0 Å². The molecule has 3 heteroatoms. The number of ether oxygens (including phenoxy) is 1. The van der Waals surface area contributed by atoms with Crippen LogP contribution in [0.15, 0.2) is 6.20 Å². The number of aromatic nitrogens is 1. The van der Waals surface area contributed by atoms with E-state index in [1.807, 2.05) is 13.8 Å². The third kappa shape index (κ3) is 2.95. The van der Waals surface area contributed by atoms with E-state index in [9.17, 15) is 0 Å². The van der Waals surface area contributed by atoms with Crippen molar-refractivity contribution < 1.29 is 4.74 Å². The lowest BCUT2D eigenvalue weighted by Gasteiger charge is -2.17. The van der Waals surface area contributed by atoms with Crippen LogP contribution in [0.1, 0.15) is 37.6 Å². The third-order valence-corrected chi connectivity index (χ3v) is 3.10. The molecule has 1 rings (SSSR count). The Morgan fingerprint density at radius 3 is 2.50 bits per heavy atom. The fraction of sp³-hybridized carbons (Fsp3) is 0.615. The van der Waals surface area contributed by atoms with Gasteiger partial charge in [0.25, 0.3) is 0 Å². The van der Waals surface area contributed by atoms with Crippen molar-refractivity contribution >= 4 is 5.69 Å². The topological polar surface area (TPSA) is 48.1 Å². The Morgan fingerprint density at radius 1 is 1.31 bits per heavy atom. The quantitative estimate of drug-likeness (QED) is 0.852. The van der Waals surface area contributed by atoms with Crippen LogP contribution in [0.3, 0.4) is 0 Å². The highest BCUT2D eigenvalue weighted by molar-refractivity contribution is 5.53. The van der Waals surface area contributed by atoms with Crippen LogP contribution in [-0.4, -0.2) is 11.1 Å². The van der Waals surface area contributed by atoms with Gasteiger partial charge >= 0.3 is 0 Å². The molecule has 0 radical (unpaired) electrons. The molecule has 1 aromatic heterocycles. The van der Waals surface area contributed by atoms with Crippen molar-refractivity contribution in [2.24, 2.45) is 5.92 Å². The minimum atomic E-state index is 0.240. The molecule has 0 fully saturated rings. The maximum Gasteiger partial charge on any atom is 0.0895 e. The number of anilines is 1. The van der Waals surface area contributed by atoms with Crippen LogP contribution in [-0.2, 0) is 11.3 Å². The summed E-state index contributed by atoms with van der Waals surface area (Å²) in [7, 11) is 0. The Bertz CT molecular complexity index is 361. The molecule has 16 heavy (non-hydrogen) atoms. The van der Waals surface area contributed by atoms with E-state index in [4.69, 9.17) is 10.5 Å². The number of hydrogen-bond donors (Lipinski definition) is 1. The fourth-order valence-electron chi connectivity index (χ4n) is 1.34. The van der Waals surface area contributed by atoms with Gasteiger partial charge in [-0.2, -0.15) is 0 Å². The molecule has 0 saturated heterocycles. The van der Waals surface area contributed by atoms with Crippen molar-refractivity contribution in [2.75, 3.05) is 5.73 Å². The lowest BCUT2D eigenvalue weighted by Crippen LogP contribution is -2.16. The van der Waals surface area contributed by atoms with E-state index in [0.717, 1.165) is 22.5 Å². The Hall–Kier alpha value is -1.09. The van der Waals surface area contributed by atoms with Gasteiger partial charge in [-0.15, -0.1) is 0 Å². The summed E-state index contributed by atoms with van der Waals surface area (Å²) in [4.78, 5) is 4.36. The van der Waals surface area contributed by atoms with E-state index in [2.05, 4.69) is 25.8 Å². The van der Waals surface area contributed by atoms with E-state index in [1.165, 1.54) is 0 Å². The molecule has 0 spiro atoms. The lowest BCUT2D eigenvalue weighted by molar-refractivity contribution is 0.0216. The normalized spacial score (nSPS) is 13.1. The first-order valence-electron chi connectivity index (χ1n) is 5.75. The number of nitrogens with zero attached hydrogens (tertiary/aromatic N) is 1. The molecule has 1 unspecified atom stereocenters. The molecule has 1 atom stereocenters. The molecule has 0 aliphatic rings. The maximum absolute atomic E-state index is 5.95. The molecule has 0 aliphatic heterocycles. The zero-order valence-corrected chi connectivity index (χ0v) is 10.9. The van der Waals surface area contributed by atoms with E-state index >= 15 is 0 Å². The summed E-state index contributed by atoms with van der Waals surface area (Å²) in [6, 6.07) is 0. The maximum atomic E-state index is 5.95. The van der Waals surface area contributed by atoms with E-state index in [-0.39, 0.29) is 6.10 Å². The first-order valence-corrected chi connectivity index (χ1v) is 5.75. The predicted molar refractivity (Wildman–Crippen MR) is 67.2 cm³/mol. The van der Waals surface area contributed by atoms with E-state index in [1.54, 1.807) is 6.20 Å². The highest BCUT2D eigenvalue weighted by atomic mass is 16.5. The second-order valence-corrected chi connectivity index (χ2v) is 4.69. The molecular formula is C13H22N2O. The summed E-state index contributed by atoms with van der Waals surface area (Å²) >= 11 is 0. The molecule has 1 heterocycles. The van der Waals surface area contributed by atoms with Gasteiger partial charge in [0.1, 0.15) is 0 Å². The molecule has 0 amide bonds. The third-order valence-electron chi connectivity index (χ3n) is 3.10. The number of rotatable bonds is 4. The van der Waals surface area contributed by atoms with Gasteiger partial charge < -0.3 is 10.5 Å². The molecule has 3 nitrogen and oxygen atoms in total. The second-order valence-electron chi connectivity index (χ2n) is 4.69. The Kier molecular flexibility index (Phi) is 4.30. The van der Waals surface area contributed by atoms with Crippen LogP contribution in [0, 0.1) is 19.8 Å². The van der Waals surface area contributed by atoms with Gasteiger partial charge in [-0.25, -0.2) is 0 Å². The predicted octanol–water partition coefficient (Wildman–Crippen LogP) is 2.84. The fourth-order valence-corrected chi connectivity index (χ4v) is 1.34. The summed E-state index contributed by atoms with van der Waals surface area (Å²) in [6.45, 7) is 10.9. The molecule has 1 aromatic rings. The Morgan fingerprint density at radius 2 is 1.94 bits per heavy atom. The zero-order valence-electron chi connectivity index (χ0n) is 10.9. The van der Waals surface area contributed by atoms with Gasteiger partial charge in [0.05, 0.1) is 18.4 Å². The van der Waals surface area contributed by atoms with Crippen molar-refractivity contribution in [3.8, 4) is 0 Å². The van der Waals surface area contributed by atoms with Crippen molar-refractivity contribution in [3.05, 3.63) is 23.0 Å². The van der Waals surface area contributed by atoms with Gasteiger partial charge in [-0.05, 0) is 37.8 Å². The van der Waals surface area contributed by atoms with Gasteiger partial charge in [0, 0.05) is 11.9 Å². The number of nitrogens with two attached hydrogens (primary N) is 1. The second kappa shape index (κ2) is 5.30. The first-order chi connectivity index (χ1) is 7.43. The SMILES string of the molecule is Cc1cnc(COC(C)C(C)C)c(C)c1N. The minimum absolute atomic E-state index is 0.240. The van der Waals surface area contributed by atoms with Gasteiger partial charge in [-0.1, -0.05) is 13.8 Å². The number of pyridine rings is 1. The summed E-state index contributed by atoms with van der Waals surface area (Å²) in [6.07, 6.45) is 2.05. The van der Waals surface area contributed by atoms with E-state index < -0.39 is 0 Å². The van der Waals surface area contributed by atoms with E-state index in [0.29, 0.717) is 12.5 Å². The van der Waals surface area contributed by atoms with Crippen molar-refractivity contribution in [2.45, 2.75) is 47.3 Å². The molecule has 0 aromatic carbocycles. The van der Waals surface area contributed by atoms with Crippen LogP contribution < -0.4 is 5.73 Å². The molecule has 90 valence electrons. The highest BCUT2D eigenvalue weighted by Crippen LogP contribution is 2.19. The summed E-state index contributed by atoms with van der Waals surface area (Å²) in [5.74, 6) is 0.517. The van der Waals surface area contributed by atoms with Crippen molar-refractivity contribution in [1.82, 2.24) is 4.98 Å². The van der Waals surface area contributed by atoms with Gasteiger partial charge in [0.15, 0.2) is 0 Å². The standard InChI is InChI=1S/C13H22N2O/c1-8(2)11(5)16-7-12-10(4)13(14)9(3)6-15-12/h6,8,11H,7H2,1-5H3,(H2,14,15). The van der Waals surface area contributed by atoms with Gasteiger partial charge in [-0.3, -0.25) is 4.98 Å². The van der Waals surface area contributed by atoms with Crippen LogP contribution in [0.5, 0.6) is 0 Å². The van der Waals surface area contributed by atoms with Crippen LogP contribution in [0.4, 0.5) is 5.69 Å². The number of hydrogen-bond acceptors (Lipinski definition) is 3. The van der Waals surface area contributed by atoms with Gasteiger partial charge in [0.2, 0.25) is 0 Å². The summed E-state index contributed by atoms with van der Waals surface area (Å²) in [5.41, 5.74) is 9.78. The summed E-state index contributed by atoms with van der Waals surface area (Å²) < 4.78 is 5.75. The Labute approximate surface area is 98.0 Å². The summed E-state index contributed by atoms with van der Waals surface area (Å²) in [5, 5.41) is 0. The van der Waals surface area contributed by atoms with Crippen LogP contribution in [0.2, 0.25) is 0 Å². The first kappa shape index (κ1) is 13.0. The van der Waals surface area contributed by atoms with Crippen molar-refractivity contribution in [3.63, 3.8) is 0 Å². The zero-order chi connectivity index (χ0) is 12.3. The number of nitrogen functional groups attached to an aromatic ring is 1.